The van der Waals surface area contributed by atoms with Crippen molar-refractivity contribution in [1.82, 2.24) is 0 Å². The van der Waals surface area contributed by atoms with Gasteiger partial charge in [-0.05, 0) is 128 Å². The maximum absolute atomic E-state index is 15.0. The quantitative estimate of drug-likeness (QED) is 0.0691. The maximum Gasteiger partial charge on any atom is 0.422 e. The summed E-state index contributed by atoms with van der Waals surface area (Å²) in [5.41, 5.74) is -0.846. The summed E-state index contributed by atoms with van der Waals surface area (Å²) in [6, 6.07) is 29.0. The van der Waals surface area contributed by atoms with E-state index in [0.29, 0.717) is 0 Å². The molecule has 0 fully saturated rings. The van der Waals surface area contributed by atoms with Gasteiger partial charge in [0.2, 0.25) is 0 Å². The summed E-state index contributed by atoms with van der Waals surface area (Å²) < 4.78 is 198. The third-order valence-corrected chi connectivity index (χ3v) is 17.2. The largest absolute Gasteiger partial charge is 0.422 e. The Labute approximate surface area is 444 Å². The SMILES string of the molecule is Cc1cc(-c2ccc3c(c2)C(C)(C)c2cc(/C=C(\C#N)c4c(F)c(F)c(C(F)(F)F)c(F)c4F)ccc2-3)sc1-c1sc(-c2ccc3c(c2)C(C)(C)c2cc(/C=C(\C#N)c4c(F)c(F)c(C(F)(F)F)c(F)c4F)ccc2-3)cc1C. The van der Waals surface area contributed by atoms with Crippen molar-refractivity contribution in [3.63, 3.8) is 0 Å². The van der Waals surface area contributed by atoms with Gasteiger partial charge in [0, 0.05) is 30.3 Å². The number of aryl methyl sites for hydroxylation is 2. The molecule has 394 valence electrons. The number of hydrogen-bond donors (Lipinski definition) is 0. The van der Waals surface area contributed by atoms with Crippen LogP contribution in [0.1, 0.15) is 94.5 Å². The molecule has 0 saturated heterocycles. The van der Waals surface area contributed by atoms with Crippen LogP contribution in [0.5, 0.6) is 0 Å². The Balaban J connectivity index is 0.920. The highest BCUT2D eigenvalue weighted by Gasteiger charge is 2.45. The van der Waals surface area contributed by atoms with Crippen molar-refractivity contribution in [1.29, 1.82) is 10.5 Å². The molecule has 2 nitrogen and oxygen atoms in total. The lowest BCUT2D eigenvalue weighted by Crippen LogP contribution is -2.17. The second kappa shape index (κ2) is 18.4. The van der Waals surface area contributed by atoms with Crippen molar-refractivity contribution in [3.8, 4) is 65.0 Å². The molecular weight excluding hydrogens is 1080 g/mol. The average molecular weight is 1110 g/mol. The molecule has 0 unspecified atom stereocenters. The molecule has 0 radical (unpaired) electrons. The van der Waals surface area contributed by atoms with E-state index >= 15 is 0 Å². The minimum atomic E-state index is -5.75. The van der Waals surface area contributed by atoms with Gasteiger partial charge < -0.3 is 0 Å². The first-order valence-corrected chi connectivity index (χ1v) is 25.1. The number of nitriles is 2. The van der Waals surface area contributed by atoms with E-state index < -0.39 is 103 Å². The van der Waals surface area contributed by atoms with Crippen LogP contribution in [0.15, 0.2) is 84.9 Å². The Bertz CT molecular complexity index is 3770. The van der Waals surface area contributed by atoms with Crippen LogP contribution < -0.4 is 0 Å². The highest BCUT2D eigenvalue weighted by atomic mass is 32.1. The van der Waals surface area contributed by atoms with Gasteiger partial charge >= 0.3 is 12.4 Å². The third kappa shape index (κ3) is 8.34. The predicted molar refractivity (Wildman–Crippen MR) is 273 cm³/mol. The summed E-state index contributed by atoms with van der Waals surface area (Å²) in [7, 11) is 0. The summed E-state index contributed by atoms with van der Waals surface area (Å²) in [6.45, 7) is 11.9. The van der Waals surface area contributed by atoms with Gasteiger partial charge in [0.1, 0.15) is 11.1 Å². The van der Waals surface area contributed by atoms with Gasteiger partial charge in [-0.25, -0.2) is 35.1 Å². The first kappa shape index (κ1) is 53.6. The minimum absolute atomic E-state index is 0.196. The van der Waals surface area contributed by atoms with Gasteiger partial charge in [-0.2, -0.15) is 36.9 Å². The zero-order valence-corrected chi connectivity index (χ0v) is 42.9. The highest BCUT2D eigenvalue weighted by molar-refractivity contribution is 7.25. The summed E-state index contributed by atoms with van der Waals surface area (Å²) in [5, 5.41) is 19.7. The van der Waals surface area contributed by atoms with Crippen molar-refractivity contribution in [2.75, 3.05) is 0 Å². The van der Waals surface area contributed by atoms with E-state index in [2.05, 4.69) is 24.3 Å². The van der Waals surface area contributed by atoms with E-state index in [-0.39, 0.29) is 11.1 Å². The molecule has 0 atom stereocenters. The number of fused-ring (bicyclic) bond motifs is 6. The Kier molecular flexibility index (Phi) is 12.7. The Hall–Kier alpha value is -7.80. The van der Waals surface area contributed by atoms with Crippen LogP contribution in [0.4, 0.5) is 61.5 Å². The summed E-state index contributed by atoms with van der Waals surface area (Å²) in [6.07, 6.45) is -9.59. The number of rotatable bonds is 7. The molecule has 2 aliphatic rings. The number of halogens is 14. The smallest absolute Gasteiger partial charge is 0.203 e. The number of nitrogens with zero attached hydrogens (tertiary/aromatic N) is 2. The van der Waals surface area contributed by atoms with Gasteiger partial charge in [-0.1, -0.05) is 88.4 Å². The Morgan fingerprint density at radius 2 is 0.731 bits per heavy atom. The molecular formula is C60H34F14N2S2. The minimum Gasteiger partial charge on any atom is -0.203 e. The standard InChI is InChI=1S/C60H34F14N2S2/c1-25-15-41(29-9-13-35-33-11-7-27(19-37(33)57(3,4)39(35)21-29)17-31(23-75)43-47(61)51(65)45(59(69,70)71)52(66)48(43)62)77-55(25)56-26(2)16-42(78-56)30-10-14-36-34-12-8-28(20-38(34)58(5,6)40(36)22-30)18-32(24-76)44-49(63)53(67)46(60(72,73)74)54(68)50(44)64/h7-22H,1-6H3/b31-17+,32-18+. The number of hydrogen-bond acceptors (Lipinski definition) is 4. The van der Waals surface area contributed by atoms with Crippen molar-refractivity contribution < 1.29 is 61.5 Å². The molecule has 0 aliphatic heterocycles. The first-order chi connectivity index (χ1) is 36.5. The molecule has 2 heterocycles. The number of thiophene rings is 2. The summed E-state index contributed by atoms with van der Waals surface area (Å²) in [5.74, 6) is -20.1. The van der Waals surface area contributed by atoms with Crippen molar-refractivity contribution in [2.45, 2.75) is 64.7 Å². The molecule has 8 aromatic rings. The van der Waals surface area contributed by atoms with Crippen LogP contribution in [-0.2, 0) is 23.2 Å². The van der Waals surface area contributed by atoms with E-state index in [9.17, 15) is 72.0 Å². The molecule has 6 aromatic carbocycles. The van der Waals surface area contributed by atoms with Crippen molar-refractivity contribution in [2.24, 2.45) is 0 Å². The van der Waals surface area contributed by atoms with Crippen LogP contribution in [0.2, 0.25) is 0 Å². The van der Waals surface area contributed by atoms with E-state index in [1.54, 1.807) is 46.9 Å². The second-order valence-electron chi connectivity index (χ2n) is 20.0. The van der Waals surface area contributed by atoms with Gasteiger partial charge in [-0.15, -0.1) is 22.7 Å². The third-order valence-electron chi connectivity index (χ3n) is 14.5. The van der Waals surface area contributed by atoms with E-state index in [4.69, 9.17) is 0 Å². The van der Waals surface area contributed by atoms with Crippen LogP contribution in [0.25, 0.3) is 76.2 Å². The van der Waals surface area contributed by atoms with Gasteiger partial charge in [0.25, 0.3) is 0 Å². The normalized spacial score (nSPS) is 14.5. The fourth-order valence-corrected chi connectivity index (χ4v) is 13.2. The van der Waals surface area contributed by atoms with Gasteiger partial charge in [0.05, 0.1) is 34.4 Å². The fourth-order valence-electron chi connectivity index (χ4n) is 10.6. The van der Waals surface area contributed by atoms with Gasteiger partial charge in [0.15, 0.2) is 46.5 Å². The lowest BCUT2D eigenvalue weighted by molar-refractivity contribution is -0.144. The zero-order valence-electron chi connectivity index (χ0n) is 41.2. The highest BCUT2D eigenvalue weighted by Crippen LogP contribution is 2.54. The van der Waals surface area contributed by atoms with Crippen LogP contribution in [0.3, 0.4) is 0 Å². The van der Waals surface area contributed by atoms with Crippen molar-refractivity contribution >= 4 is 46.0 Å². The molecule has 2 aromatic heterocycles. The topological polar surface area (TPSA) is 47.6 Å². The molecule has 0 spiro atoms. The van der Waals surface area contributed by atoms with Crippen LogP contribution in [-0.4, -0.2) is 0 Å². The molecule has 78 heavy (non-hydrogen) atoms. The predicted octanol–water partition coefficient (Wildman–Crippen LogP) is 19.3. The van der Waals surface area contributed by atoms with Gasteiger partial charge in [-0.3, -0.25) is 0 Å². The lowest BCUT2D eigenvalue weighted by atomic mass is 9.81. The summed E-state index contributed by atoms with van der Waals surface area (Å²) in [4.78, 5) is 4.02. The monoisotopic (exact) mass is 1110 g/mol. The molecule has 10 rings (SSSR count). The number of allylic oxidation sites excluding steroid dienone is 2. The molecule has 0 amide bonds. The molecule has 0 N–H and O–H groups in total. The number of benzene rings is 6. The molecule has 0 saturated carbocycles. The summed E-state index contributed by atoms with van der Waals surface area (Å²) >= 11 is 3.20. The van der Waals surface area contributed by atoms with E-state index in [1.165, 1.54) is 24.3 Å². The van der Waals surface area contributed by atoms with Crippen LogP contribution >= 0.6 is 22.7 Å². The Morgan fingerprint density at radius 1 is 0.436 bits per heavy atom. The molecule has 2 aliphatic carbocycles. The first-order valence-electron chi connectivity index (χ1n) is 23.4. The fraction of sp³-hybridized carbons (Fsp3) is 0.167. The van der Waals surface area contributed by atoms with Crippen molar-refractivity contribution in [3.05, 3.63) is 198 Å². The second-order valence-corrected chi connectivity index (χ2v) is 22.1. The molecule has 0 bridgehead atoms. The van der Waals surface area contributed by atoms with E-state index in [1.807, 2.05) is 65.8 Å². The Morgan fingerprint density at radius 3 is 1.03 bits per heavy atom. The van der Waals surface area contributed by atoms with E-state index in [0.717, 1.165) is 98.4 Å². The van der Waals surface area contributed by atoms with Crippen LogP contribution in [0, 0.1) is 83.0 Å². The number of alkyl halides is 6. The average Bonchev–Trinajstić information content (AvgIpc) is 4.26. The molecule has 18 heteroatoms. The maximum atomic E-state index is 15.0. The lowest BCUT2D eigenvalue weighted by Gasteiger charge is -2.22. The zero-order chi connectivity index (χ0) is 56.6.